The van der Waals surface area contributed by atoms with Crippen molar-refractivity contribution < 1.29 is 0 Å². The van der Waals surface area contributed by atoms with Crippen molar-refractivity contribution in [1.29, 1.82) is 0 Å². The second-order valence-electron chi connectivity index (χ2n) is 5.15. The van der Waals surface area contributed by atoms with Crippen molar-refractivity contribution in [3.63, 3.8) is 0 Å². The molecule has 1 heterocycles. The fraction of sp³-hybridized carbons (Fsp3) is 0.471. The SMILES string of the molecule is CCc1ccc(CCCCCn2ccnc2C)cc1. The summed E-state index contributed by atoms with van der Waals surface area (Å²) < 4.78 is 2.23. The minimum atomic E-state index is 1.10. The Morgan fingerprint density at radius 2 is 1.74 bits per heavy atom. The molecule has 0 atom stereocenters. The Bertz CT molecular complexity index is 482. The van der Waals surface area contributed by atoms with Crippen molar-refractivity contribution in [3.8, 4) is 0 Å². The van der Waals surface area contributed by atoms with E-state index in [-0.39, 0.29) is 0 Å². The lowest BCUT2D eigenvalue weighted by Gasteiger charge is -2.05. The quantitative estimate of drug-likeness (QED) is 0.680. The normalized spacial score (nSPS) is 10.8. The minimum absolute atomic E-state index is 1.10. The fourth-order valence-corrected chi connectivity index (χ4v) is 2.37. The van der Waals surface area contributed by atoms with Gasteiger partial charge in [0.05, 0.1) is 0 Å². The summed E-state index contributed by atoms with van der Waals surface area (Å²) in [5, 5.41) is 0. The lowest BCUT2D eigenvalue weighted by atomic mass is 10.0. The molecular formula is C17H24N2. The van der Waals surface area contributed by atoms with Gasteiger partial charge in [-0.1, -0.05) is 37.6 Å². The molecule has 0 saturated carbocycles. The Hall–Kier alpha value is -1.57. The molecule has 0 N–H and O–H groups in total. The van der Waals surface area contributed by atoms with E-state index in [1.807, 2.05) is 6.20 Å². The van der Waals surface area contributed by atoms with Crippen molar-refractivity contribution in [2.75, 3.05) is 0 Å². The van der Waals surface area contributed by atoms with E-state index >= 15 is 0 Å². The van der Waals surface area contributed by atoms with Crippen molar-refractivity contribution >= 4 is 0 Å². The molecule has 1 aromatic carbocycles. The van der Waals surface area contributed by atoms with Crippen LogP contribution in [-0.2, 0) is 19.4 Å². The topological polar surface area (TPSA) is 17.8 Å². The third kappa shape index (κ3) is 4.23. The van der Waals surface area contributed by atoms with Gasteiger partial charge < -0.3 is 4.57 Å². The highest BCUT2D eigenvalue weighted by Crippen LogP contribution is 2.10. The standard InChI is InChI=1S/C17H24N2/c1-3-16-8-10-17(11-9-16)7-5-4-6-13-19-14-12-18-15(19)2/h8-12,14H,3-7,13H2,1-2H3. The molecule has 1 aromatic heterocycles. The van der Waals surface area contributed by atoms with E-state index in [0.29, 0.717) is 0 Å². The van der Waals surface area contributed by atoms with Crippen LogP contribution in [0.4, 0.5) is 0 Å². The largest absolute Gasteiger partial charge is 0.335 e. The Kier molecular flexibility index (Phi) is 5.20. The maximum atomic E-state index is 4.24. The second kappa shape index (κ2) is 7.13. The van der Waals surface area contributed by atoms with Gasteiger partial charge in [0.2, 0.25) is 0 Å². The van der Waals surface area contributed by atoms with Crippen LogP contribution < -0.4 is 0 Å². The summed E-state index contributed by atoms with van der Waals surface area (Å²) in [7, 11) is 0. The molecule has 0 aliphatic heterocycles. The lowest BCUT2D eigenvalue weighted by Crippen LogP contribution is -1.99. The van der Waals surface area contributed by atoms with Crippen LogP contribution in [0.1, 0.15) is 43.1 Å². The number of aryl methyl sites for hydroxylation is 4. The zero-order valence-corrected chi connectivity index (χ0v) is 12.1. The first-order valence-electron chi connectivity index (χ1n) is 7.35. The smallest absolute Gasteiger partial charge is 0.105 e. The molecule has 0 amide bonds. The van der Waals surface area contributed by atoms with Crippen molar-refractivity contribution in [1.82, 2.24) is 9.55 Å². The van der Waals surface area contributed by atoms with Gasteiger partial charge in [-0.15, -0.1) is 0 Å². The average Bonchev–Trinajstić information content (AvgIpc) is 2.85. The predicted molar refractivity (Wildman–Crippen MR) is 80.3 cm³/mol. The predicted octanol–water partition coefficient (Wildman–Crippen LogP) is 4.17. The summed E-state index contributed by atoms with van der Waals surface area (Å²) >= 11 is 0. The van der Waals surface area contributed by atoms with E-state index in [1.54, 1.807) is 0 Å². The number of unbranched alkanes of at least 4 members (excludes halogenated alkanes) is 2. The first-order chi connectivity index (χ1) is 9.29. The van der Waals surface area contributed by atoms with Gasteiger partial charge in [0.15, 0.2) is 0 Å². The molecular weight excluding hydrogens is 232 g/mol. The van der Waals surface area contributed by atoms with E-state index in [0.717, 1.165) is 18.8 Å². The van der Waals surface area contributed by atoms with E-state index in [1.165, 1.54) is 36.8 Å². The summed E-state index contributed by atoms with van der Waals surface area (Å²) in [6, 6.07) is 9.06. The number of hydrogen-bond donors (Lipinski definition) is 0. The molecule has 0 spiro atoms. The zero-order valence-electron chi connectivity index (χ0n) is 12.1. The summed E-state index contributed by atoms with van der Waals surface area (Å²) in [4.78, 5) is 4.24. The second-order valence-corrected chi connectivity index (χ2v) is 5.15. The summed E-state index contributed by atoms with van der Waals surface area (Å²) in [5.74, 6) is 1.12. The molecule has 0 fully saturated rings. The monoisotopic (exact) mass is 256 g/mol. The fourth-order valence-electron chi connectivity index (χ4n) is 2.37. The third-order valence-corrected chi connectivity index (χ3v) is 3.72. The molecule has 2 rings (SSSR count). The molecule has 0 aliphatic carbocycles. The number of nitrogens with zero attached hydrogens (tertiary/aromatic N) is 2. The Morgan fingerprint density at radius 1 is 1.00 bits per heavy atom. The summed E-state index contributed by atoms with van der Waals surface area (Å²) in [5.41, 5.74) is 2.90. The van der Waals surface area contributed by atoms with Gasteiger partial charge >= 0.3 is 0 Å². The van der Waals surface area contributed by atoms with E-state index in [2.05, 4.69) is 53.9 Å². The number of aromatic nitrogens is 2. The van der Waals surface area contributed by atoms with Gasteiger partial charge in [-0.2, -0.15) is 0 Å². The number of imidazole rings is 1. The average molecular weight is 256 g/mol. The van der Waals surface area contributed by atoms with Crippen LogP contribution in [0.5, 0.6) is 0 Å². The molecule has 0 radical (unpaired) electrons. The van der Waals surface area contributed by atoms with Crippen molar-refractivity contribution in [2.45, 2.75) is 52.5 Å². The minimum Gasteiger partial charge on any atom is -0.335 e. The number of hydrogen-bond acceptors (Lipinski definition) is 1. The van der Waals surface area contributed by atoms with Crippen LogP contribution in [0.2, 0.25) is 0 Å². The molecule has 2 aromatic rings. The Morgan fingerprint density at radius 3 is 2.37 bits per heavy atom. The molecule has 0 bridgehead atoms. The van der Waals surface area contributed by atoms with Crippen LogP contribution in [0.25, 0.3) is 0 Å². The number of benzene rings is 1. The van der Waals surface area contributed by atoms with Crippen LogP contribution in [0, 0.1) is 6.92 Å². The van der Waals surface area contributed by atoms with Crippen molar-refractivity contribution in [2.24, 2.45) is 0 Å². The maximum Gasteiger partial charge on any atom is 0.105 e. The highest BCUT2D eigenvalue weighted by atomic mass is 15.0. The van der Waals surface area contributed by atoms with E-state index in [4.69, 9.17) is 0 Å². The van der Waals surface area contributed by atoms with Gasteiger partial charge in [-0.3, -0.25) is 0 Å². The lowest BCUT2D eigenvalue weighted by molar-refractivity contribution is 0.577. The highest BCUT2D eigenvalue weighted by Gasteiger charge is 1.97. The molecule has 2 nitrogen and oxygen atoms in total. The van der Waals surface area contributed by atoms with Gasteiger partial charge in [-0.25, -0.2) is 4.98 Å². The molecule has 102 valence electrons. The van der Waals surface area contributed by atoms with E-state index in [9.17, 15) is 0 Å². The Labute approximate surface area is 116 Å². The Balaban J connectivity index is 1.65. The van der Waals surface area contributed by atoms with Gasteiger partial charge in [0.25, 0.3) is 0 Å². The molecule has 0 unspecified atom stereocenters. The van der Waals surface area contributed by atoms with Gasteiger partial charge in [-0.05, 0) is 43.7 Å². The molecule has 0 aliphatic rings. The summed E-state index contributed by atoms with van der Waals surface area (Å²) in [6.45, 7) is 5.36. The first kappa shape index (κ1) is 13.9. The van der Waals surface area contributed by atoms with Crippen LogP contribution in [0.3, 0.4) is 0 Å². The van der Waals surface area contributed by atoms with Crippen LogP contribution in [-0.4, -0.2) is 9.55 Å². The summed E-state index contributed by atoms with van der Waals surface area (Å²) in [6.07, 6.45) is 10.1. The van der Waals surface area contributed by atoms with Crippen LogP contribution >= 0.6 is 0 Å². The molecule has 2 heteroatoms. The van der Waals surface area contributed by atoms with Crippen molar-refractivity contribution in [3.05, 3.63) is 53.6 Å². The highest BCUT2D eigenvalue weighted by molar-refractivity contribution is 5.22. The van der Waals surface area contributed by atoms with E-state index < -0.39 is 0 Å². The van der Waals surface area contributed by atoms with Crippen LogP contribution in [0.15, 0.2) is 36.7 Å². The third-order valence-electron chi connectivity index (χ3n) is 3.72. The van der Waals surface area contributed by atoms with Gasteiger partial charge in [0.1, 0.15) is 5.82 Å². The molecule has 0 saturated heterocycles. The molecule has 19 heavy (non-hydrogen) atoms. The first-order valence-corrected chi connectivity index (χ1v) is 7.35. The number of rotatable bonds is 7. The van der Waals surface area contributed by atoms with Gasteiger partial charge in [0, 0.05) is 18.9 Å². The maximum absolute atomic E-state index is 4.24. The zero-order chi connectivity index (χ0) is 13.5.